The Balaban J connectivity index is 1.27. The summed E-state index contributed by atoms with van der Waals surface area (Å²) in [5.41, 5.74) is 2.67. The number of hydrogen-bond donors (Lipinski definition) is 1. The summed E-state index contributed by atoms with van der Waals surface area (Å²) in [6, 6.07) is 12.4. The van der Waals surface area contributed by atoms with Crippen LogP contribution >= 0.6 is 11.3 Å². The van der Waals surface area contributed by atoms with E-state index >= 15 is 0 Å². The van der Waals surface area contributed by atoms with Crippen molar-refractivity contribution in [3.05, 3.63) is 57.8 Å². The minimum atomic E-state index is -0.0782. The van der Waals surface area contributed by atoms with Gasteiger partial charge in [0.15, 0.2) is 0 Å². The second-order valence-electron chi connectivity index (χ2n) is 9.45. The molecule has 5 rings (SSSR count). The van der Waals surface area contributed by atoms with Crippen molar-refractivity contribution in [1.29, 1.82) is 0 Å². The molecule has 1 N–H and O–H groups in total. The van der Waals surface area contributed by atoms with E-state index in [0.29, 0.717) is 19.0 Å². The maximum atomic E-state index is 13.7. The highest BCUT2D eigenvalue weighted by atomic mass is 32.1. The van der Waals surface area contributed by atoms with Gasteiger partial charge in [-0.3, -0.25) is 14.5 Å². The van der Waals surface area contributed by atoms with Crippen LogP contribution in [0.2, 0.25) is 0 Å². The molecule has 1 saturated heterocycles. The topological polar surface area (TPSA) is 52.7 Å². The van der Waals surface area contributed by atoms with Crippen molar-refractivity contribution in [2.75, 3.05) is 26.2 Å². The molecule has 3 aliphatic rings. The highest BCUT2D eigenvalue weighted by molar-refractivity contribution is 7.12. The van der Waals surface area contributed by atoms with Crippen LogP contribution in [0.3, 0.4) is 0 Å². The molecule has 2 amide bonds. The van der Waals surface area contributed by atoms with Gasteiger partial charge in [0.05, 0.1) is 17.0 Å². The number of benzene rings is 1. The average molecular weight is 452 g/mol. The maximum absolute atomic E-state index is 13.7. The zero-order valence-corrected chi connectivity index (χ0v) is 19.5. The van der Waals surface area contributed by atoms with Gasteiger partial charge in [0, 0.05) is 26.2 Å². The van der Waals surface area contributed by atoms with E-state index in [0.717, 1.165) is 50.1 Å². The van der Waals surface area contributed by atoms with E-state index in [1.165, 1.54) is 35.3 Å². The number of carbonyl (C=O) groups is 2. The van der Waals surface area contributed by atoms with E-state index < -0.39 is 0 Å². The van der Waals surface area contributed by atoms with Gasteiger partial charge in [-0.25, -0.2) is 0 Å². The molecule has 1 aliphatic heterocycles. The first-order valence-electron chi connectivity index (χ1n) is 12.2. The lowest BCUT2D eigenvalue weighted by Gasteiger charge is -2.41. The Morgan fingerprint density at radius 1 is 0.938 bits per heavy atom. The van der Waals surface area contributed by atoms with Gasteiger partial charge in [0.1, 0.15) is 0 Å². The fourth-order valence-electron chi connectivity index (χ4n) is 5.87. The zero-order chi connectivity index (χ0) is 21.9. The molecule has 2 aliphatic carbocycles. The number of fused-ring (bicyclic) bond motifs is 1. The minimum Gasteiger partial charge on any atom is -0.348 e. The van der Waals surface area contributed by atoms with Crippen LogP contribution in [-0.4, -0.2) is 53.8 Å². The molecular formula is C26H33N3O2S. The molecule has 6 heteroatoms. The summed E-state index contributed by atoms with van der Waals surface area (Å²) in [4.78, 5) is 31.5. The van der Waals surface area contributed by atoms with Crippen LogP contribution in [0.4, 0.5) is 0 Å². The highest BCUT2D eigenvalue weighted by Gasteiger charge is 2.38. The molecule has 32 heavy (non-hydrogen) atoms. The Morgan fingerprint density at radius 3 is 2.47 bits per heavy atom. The second-order valence-corrected chi connectivity index (χ2v) is 10.4. The lowest BCUT2D eigenvalue weighted by Crippen LogP contribution is -2.58. The molecule has 0 unspecified atom stereocenters. The van der Waals surface area contributed by atoms with Crippen molar-refractivity contribution >= 4 is 23.2 Å². The third kappa shape index (κ3) is 4.48. The normalized spacial score (nSPS) is 23.0. The van der Waals surface area contributed by atoms with Gasteiger partial charge in [0.25, 0.3) is 5.91 Å². The first-order chi connectivity index (χ1) is 15.7. The Labute approximate surface area is 194 Å². The molecule has 2 aromatic rings. The molecular weight excluding hydrogens is 418 g/mol. The molecule has 1 saturated carbocycles. The summed E-state index contributed by atoms with van der Waals surface area (Å²) in [6.07, 6.45) is 7.95. The van der Waals surface area contributed by atoms with Crippen molar-refractivity contribution in [2.45, 2.75) is 57.0 Å². The molecule has 2 heterocycles. The molecule has 1 aromatic carbocycles. The lowest BCUT2D eigenvalue weighted by molar-refractivity contribution is -0.130. The van der Waals surface area contributed by atoms with E-state index in [1.54, 1.807) is 0 Å². The molecule has 0 bridgehead atoms. The van der Waals surface area contributed by atoms with Gasteiger partial charge >= 0.3 is 0 Å². The molecule has 2 atom stereocenters. The van der Waals surface area contributed by atoms with Crippen molar-refractivity contribution in [3.63, 3.8) is 0 Å². The van der Waals surface area contributed by atoms with E-state index in [2.05, 4.69) is 34.5 Å². The Bertz CT molecular complexity index is 930. The van der Waals surface area contributed by atoms with Gasteiger partial charge in [-0.15, -0.1) is 11.3 Å². The Hall–Kier alpha value is -2.18. The van der Waals surface area contributed by atoms with Crippen LogP contribution in [0.5, 0.6) is 0 Å². The quantitative estimate of drug-likeness (QED) is 0.739. The molecule has 0 radical (unpaired) electrons. The Kier molecular flexibility index (Phi) is 6.60. The van der Waals surface area contributed by atoms with Crippen LogP contribution in [0.15, 0.2) is 41.8 Å². The SMILES string of the molecule is O=C(N[C@H]1CCCc2ccccc21)[C@H](C1CCCC1)N1CCN(C(=O)c2cccs2)CC1. The van der Waals surface area contributed by atoms with Crippen molar-refractivity contribution in [1.82, 2.24) is 15.1 Å². The molecule has 0 spiro atoms. The first-order valence-corrected chi connectivity index (χ1v) is 13.0. The summed E-state index contributed by atoms with van der Waals surface area (Å²) in [6.45, 7) is 2.93. The van der Waals surface area contributed by atoms with E-state index in [4.69, 9.17) is 0 Å². The highest BCUT2D eigenvalue weighted by Crippen LogP contribution is 2.33. The Morgan fingerprint density at radius 2 is 1.72 bits per heavy atom. The average Bonchev–Trinajstić information content (AvgIpc) is 3.55. The number of nitrogens with one attached hydrogen (secondary N) is 1. The predicted molar refractivity (Wildman–Crippen MR) is 128 cm³/mol. The monoisotopic (exact) mass is 451 g/mol. The number of hydrogen-bond acceptors (Lipinski definition) is 4. The van der Waals surface area contributed by atoms with Crippen LogP contribution in [0.1, 0.15) is 65.4 Å². The largest absolute Gasteiger partial charge is 0.348 e. The van der Waals surface area contributed by atoms with Gasteiger partial charge in [-0.05, 0) is 60.6 Å². The molecule has 5 nitrogen and oxygen atoms in total. The molecule has 1 aromatic heterocycles. The number of amides is 2. The van der Waals surface area contributed by atoms with Crippen LogP contribution in [-0.2, 0) is 11.2 Å². The maximum Gasteiger partial charge on any atom is 0.264 e. The van der Waals surface area contributed by atoms with Crippen molar-refractivity contribution in [2.24, 2.45) is 5.92 Å². The summed E-state index contributed by atoms with van der Waals surface area (Å²) in [5, 5.41) is 5.40. The number of aryl methyl sites for hydroxylation is 1. The van der Waals surface area contributed by atoms with E-state index in [1.807, 2.05) is 22.4 Å². The molecule has 170 valence electrons. The third-order valence-electron chi connectivity index (χ3n) is 7.53. The van der Waals surface area contributed by atoms with Gasteiger partial charge in [-0.2, -0.15) is 0 Å². The summed E-state index contributed by atoms with van der Waals surface area (Å²) in [7, 11) is 0. The standard InChI is InChI=1S/C26H33N3O2S/c30-25(27-22-12-5-10-19-7-3-4-11-21(19)22)24(20-8-1-2-9-20)28-14-16-29(17-15-28)26(31)23-13-6-18-32-23/h3-4,6-7,11,13,18,20,22,24H,1-2,5,8-10,12,14-17H2,(H,27,30)/t22-,24-/m0/s1. The van der Waals surface area contributed by atoms with Crippen LogP contribution in [0.25, 0.3) is 0 Å². The third-order valence-corrected chi connectivity index (χ3v) is 8.39. The number of nitrogens with zero attached hydrogens (tertiary/aromatic N) is 2. The molecule has 2 fully saturated rings. The fraction of sp³-hybridized carbons (Fsp3) is 0.538. The zero-order valence-electron chi connectivity index (χ0n) is 18.7. The first kappa shape index (κ1) is 21.7. The number of piperazine rings is 1. The fourth-order valence-corrected chi connectivity index (χ4v) is 6.56. The van der Waals surface area contributed by atoms with Gasteiger partial charge in [-0.1, -0.05) is 43.2 Å². The smallest absolute Gasteiger partial charge is 0.264 e. The summed E-state index contributed by atoms with van der Waals surface area (Å²) in [5.74, 6) is 0.741. The number of rotatable bonds is 5. The lowest BCUT2D eigenvalue weighted by atomic mass is 9.87. The van der Waals surface area contributed by atoms with Gasteiger partial charge < -0.3 is 10.2 Å². The van der Waals surface area contributed by atoms with E-state index in [-0.39, 0.29) is 23.9 Å². The summed E-state index contributed by atoms with van der Waals surface area (Å²) < 4.78 is 0. The predicted octanol–water partition coefficient (Wildman–Crippen LogP) is 4.26. The van der Waals surface area contributed by atoms with Crippen molar-refractivity contribution in [3.8, 4) is 0 Å². The second kappa shape index (κ2) is 9.75. The summed E-state index contributed by atoms with van der Waals surface area (Å²) >= 11 is 1.50. The minimum absolute atomic E-state index is 0.0782. The van der Waals surface area contributed by atoms with E-state index in [9.17, 15) is 9.59 Å². The van der Waals surface area contributed by atoms with Crippen molar-refractivity contribution < 1.29 is 9.59 Å². The number of carbonyl (C=O) groups excluding carboxylic acids is 2. The van der Waals surface area contributed by atoms with Gasteiger partial charge in [0.2, 0.25) is 5.91 Å². The van der Waals surface area contributed by atoms with Crippen LogP contribution in [0, 0.1) is 5.92 Å². The number of thiophene rings is 1. The van der Waals surface area contributed by atoms with Crippen LogP contribution < -0.4 is 5.32 Å².